The molecule has 1 aliphatic carbocycles. The highest BCUT2D eigenvalue weighted by Crippen LogP contribution is 2.48. The fourth-order valence-electron chi connectivity index (χ4n) is 2.09. The highest BCUT2D eigenvalue weighted by atomic mass is 32.1. The van der Waals surface area contributed by atoms with Gasteiger partial charge in [0.15, 0.2) is 0 Å². The van der Waals surface area contributed by atoms with Crippen molar-refractivity contribution >= 4 is 23.5 Å². The first-order chi connectivity index (χ1) is 8.74. The van der Waals surface area contributed by atoms with Crippen LogP contribution in [0.3, 0.4) is 0 Å². The molecular weight excluding hydrogens is 244 g/mol. The van der Waals surface area contributed by atoms with Crippen molar-refractivity contribution in [1.29, 1.82) is 0 Å². The van der Waals surface area contributed by atoms with Crippen molar-refractivity contribution in [2.24, 2.45) is 0 Å². The van der Waals surface area contributed by atoms with Gasteiger partial charge in [-0.3, -0.25) is 0 Å². The van der Waals surface area contributed by atoms with E-state index in [4.69, 9.17) is 0 Å². The second kappa shape index (κ2) is 4.50. The molecule has 0 bridgehead atoms. The summed E-state index contributed by atoms with van der Waals surface area (Å²) in [6, 6.07) is 5.46. The molecule has 3 heteroatoms. The van der Waals surface area contributed by atoms with Crippen LogP contribution in [0.5, 0.6) is 11.5 Å². The summed E-state index contributed by atoms with van der Waals surface area (Å²) in [6.07, 6.45) is 6.00. The molecule has 1 fully saturated rings. The molecule has 0 saturated heterocycles. The molecule has 1 aromatic carbocycles. The lowest BCUT2D eigenvalue weighted by molar-refractivity contribution is 0.438. The molecule has 0 radical (unpaired) electrons. The van der Waals surface area contributed by atoms with Gasteiger partial charge in [0.25, 0.3) is 0 Å². The average Bonchev–Trinajstić information content (AvgIpc) is 3.02. The minimum absolute atomic E-state index is 0.211. The van der Waals surface area contributed by atoms with E-state index in [1.807, 2.05) is 23.6 Å². The Kier molecular flexibility index (Phi) is 2.84. The van der Waals surface area contributed by atoms with Crippen molar-refractivity contribution in [1.82, 2.24) is 0 Å². The first kappa shape index (κ1) is 11.4. The van der Waals surface area contributed by atoms with Crippen molar-refractivity contribution in [2.75, 3.05) is 0 Å². The Morgan fingerprint density at radius 3 is 2.28 bits per heavy atom. The van der Waals surface area contributed by atoms with Crippen LogP contribution in [-0.4, -0.2) is 10.2 Å². The van der Waals surface area contributed by atoms with Crippen LogP contribution in [0.1, 0.15) is 35.4 Å². The van der Waals surface area contributed by atoms with E-state index >= 15 is 0 Å². The van der Waals surface area contributed by atoms with Crippen molar-refractivity contribution in [3.05, 3.63) is 45.6 Å². The molecule has 0 aliphatic heterocycles. The number of rotatable bonds is 3. The summed E-state index contributed by atoms with van der Waals surface area (Å²) in [6.45, 7) is 0. The molecule has 3 rings (SSSR count). The predicted octanol–water partition coefficient (Wildman–Crippen LogP) is 4.21. The first-order valence-corrected chi connectivity index (χ1v) is 6.94. The molecule has 1 saturated carbocycles. The Morgan fingerprint density at radius 2 is 1.72 bits per heavy atom. The van der Waals surface area contributed by atoms with Crippen molar-refractivity contribution < 1.29 is 10.2 Å². The van der Waals surface area contributed by atoms with Gasteiger partial charge < -0.3 is 10.2 Å². The summed E-state index contributed by atoms with van der Waals surface area (Å²) in [4.78, 5) is 0. The van der Waals surface area contributed by atoms with Gasteiger partial charge in [0, 0.05) is 5.56 Å². The molecule has 1 aromatic heterocycles. The molecule has 0 unspecified atom stereocenters. The largest absolute Gasteiger partial charge is 0.507 e. The SMILES string of the molecule is Oc1cc(/C=C/c2ccsc2)cc(O)c1C1CC1. The fraction of sp³-hybridized carbons (Fsp3) is 0.200. The highest BCUT2D eigenvalue weighted by molar-refractivity contribution is 7.08. The number of phenols is 2. The van der Waals surface area contributed by atoms with E-state index in [-0.39, 0.29) is 11.5 Å². The molecule has 2 N–H and O–H groups in total. The molecule has 0 amide bonds. The lowest BCUT2D eigenvalue weighted by Crippen LogP contribution is -1.84. The van der Waals surface area contributed by atoms with Crippen LogP contribution in [0.2, 0.25) is 0 Å². The molecule has 2 nitrogen and oxygen atoms in total. The second-order valence-corrected chi connectivity index (χ2v) is 5.42. The van der Waals surface area contributed by atoms with Crippen LogP contribution in [0.4, 0.5) is 0 Å². The standard InChI is InChI=1S/C15H14O2S/c16-13-7-11(2-1-10-5-6-18-9-10)8-14(17)15(13)12-3-4-12/h1-2,5-9,12,16-17H,3-4H2/b2-1+. The number of phenolic OH excluding ortho intramolecular Hbond substituents is 2. The average molecular weight is 258 g/mol. The zero-order valence-electron chi connectivity index (χ0n) is 9.84. The van der Waals surface area contributed by atoms with E-state index < -0.39 is 0 Å². The Balaban J connectivity index is 1.89. The maximum absolute atomic E-state index is 9.95. The minimum atomic E-state index is 0.211. The molecule has 0 atom stereocenters. The van der Waals surface area contributed by atoms with Crippen LogP contribution in [0.15, 0.2) is 29.0 Å². The summed E-state index contributed by atoms with van der Waals surface area (Å²) in [5.74, 6) is 0.768. The predicted molar refractivity (Wildman–Crippen MR) is 75.0 cm³/mol. The number of hydrogen-bond acceptors (Lipinski definition) is 3. The van der Waals surface area contributed by atoms with Crippen LogP contribution in [0, 0.1) is 0 Å². The van der Waals surface area contributed by atoms with Crippen LogP contribution < -0.4 is 0 Å². The van der Waals surface area contributed by atoms with E-state index in [0.29, 0.717) is 11.5 Å². The van der Waals surface area contributed by atoms with Crippen LogP contribution in [-0.2, 0) is 0 Å². The third-order valence-electron chi connectivity index (χ3n) is 3.16. The monoisotopic (exact) mass is 258 g/mol. The number of aromatic hydroxyl groups is 2. The molecule has 1 heterocycles. The third kappa shape index (κ3) is 2.27. The van der Waals surface area contributed by atoms with Gasteiger partial charge in [-0.15, -0.1) is 0 Å². The first-order valence-electron chi connectivity index (χ1n) is 6.00. The molecule has 92 valence electrons. The van der Waals surface area contributed by atoms with Crippen molar-refractivity contribution in [3.8, 4) is 11.5 Å². The summed E-state index contributed by atoms with van der Waals surface area (Å²) in [7, 11) is 0. The normalized spacial score (nSPS) is 15.3. The zero-order chi connectivity index (χ0) is 12.5. The van der Waals surface area contributed by atoms with Gasteiger partial charge in [0.05, 0.1) is 0 Å². The van der Waals surface area contributed by atoms with E-state index in [0.717, 1.165) is 24.0 Å². The highest BCUT2D eigenvalue weighted by Gasteiger charge is 2.29. The minimum Gasteiger partial charge on any atom is -0.507 e. The van der Waals surface area contributed by atoms with Gasteiger partial charge in [-0.2, -0.15) is 11.3 Å². The van der Waals surface area contributed by atoms with Gasteiger partial charge in [-0.05, 0) is 58.8 Å². The van der Waals surface area contributed by atoms with E-state index in [1.54, 1.807) is 23.5 Å². The molecule has 1 aliphatic rings. The van der Waals surface area contributed by atoms with Crippen LogP contribution >= 0.6 is 11.3 Å². The van der Waals surface area contributed by atoms with Gasteiger partial charge in [-0.25, -0.2) is 0 Å². The Bertz CT molecular complexity index is 558. The number of hydrogen-bond donors (Lipinski definition) is 2. The van der Waals surface area contributed by atoms with Crippen molar-refractivity contribution in [3.63, 3.8) is 0 Å². The zero-order valence-corrected chi connectivity index (χ0v) is 10.7. The Hall–Kier alpha value is -1.74. The summed E-state index contributed by atoms with van der Waals surface area (Å²) in [5, 5.41) is 24.0. The van der Waals surface area contributed by atoms with E-state index in [2.05, 4.69) is 5.38 Å². The lowest BCUT2D eigenvalue weighted by Gasteiger charge is -2.07. The smallest absolute Gasteiger partial charge is 0.123 e. The summed E-state index contributed by atoms with van der Waals surface area (Å²) < 4.78 is 0. The third-order valence-corrected chi connectivity index (χ3v) is 3.86. The maximum Gasteiger partial charge on any atom is 0.123 e. The van der Waals surface area contributed by atoms with E-state index in [9.17, 15) is 10.2 Å². The summed E-state index contributed by atoms with van der Waals surface area (Å²) in [5.41, 5.74) is 2.66. The van der Waals surface area contributed by atoms with Gasteiger partial charge in [0.2, 0.25) is 0 Å². The van der Waals surface area contributed by atoms with Gasteiger partial charge in [-0.1, -0.05) is 12.2 Å². The second-order valence-electron chi connectivity index (χ2n) is 4.64. The topological polar surface area (TPSA) is 40.5 Å². The van der Waals surface area contributed by atoms with E-state index in [1.165, 1.54) is 0 Å². The molecule has 18 heavy (non-hydrogen) atoms. The molecule has 2 aromatic rings. The Labute approximate surface area is 110 Å². The fourth-order valence-corrected chi connectivity index (χ4v) is 2.72. The lowest BCUT2D eigenvalue weighted by atomic mass is 10.0. The van der Waals surface area contributed by atoms with Gasteiger partial charge in [0.1, 0.15) is 11.5 Å². The molecule has 0 spiro atoms. The van der Waals surface area contributed by atoms with Crippen LogP contribution in [0.25, 0.3) is 12.2 Å². The van der Waals surface area contributed by atoms with Gasteiger partial charge >= 0.3 is 0 Å². The number of thiophene rings is 1. The summed E-state index contributed by atoms with van der Waals surface area (Å²) >= 11 is 1.65. The quantitative estimate of drug-likeness (QED) is 0.866. The maximum atomic E-state index is 9.95. The number of benzene rings is 1. The Morgan fingerprint density at radius 1 is 1.06 bits per heavy atom. The molecular formula is C15H14O2S. The van der Waals surface area contributed by atoms with Crippen molar-refractivity contribution in [2.45, 2.75) is 18.8 Å².